The first-order chi connectivity index (χ1) is 34.3. The average Bonchev–Trinajstić information content (AvgIpc) is 3.44. The Balaban J connectivity index is 1.16. The zero-order valence-electron chi connectivity index (χ0n) is 38.1. The number of hydrogen-bond acceptors (Lipinski definition) is 1. The predicted molar refractivity (Wildman–Crippen MR) is 294 cm³/mol. The molecule has 0 aliphatic rings. The Morgan fingerprint density at radius 1 is 0.203 bits per heavy atom. The van der Waals surface area contributed by atoms with Crippen LogP contribution in [0.3, 0.4) is 0 Å². The third-order valence-electron chi connectivity index (χ3n) is 13.4. The van der Waals surface area contributed by atoms with E-state index in [2.05, 4.69) is 290 Å². The first-order valence-corrected chi connectivity index (χ1v) is 23.8. The van der Waals surface area contributed by atoms with Crippen molar-refractivity contribution in [2.75, 3.05) is 4.90 Å². The lowest BCUT2D eigenvalue weighted by atomic mass is 9.84. The van der Waals surface area contributed by atoms with E-state index in [9.17, 15) is 0 Å². The van der Waals surface area contributed by atoms with E-state index in [1.165, 1.54) is 82.7 Å². The van der Waals surface area contributed by atoms with Crippen LogP contribution in [-0.4, -0.2) is 0 Å². The van der Waals surface area contributed by atoms with Crippen molar-refractivity contribution >= 4 is 38.6 Å². The van der Waals surface area contributed by atoms with Gasteiger partial charge in [0.1, 0.15) is 0 Å². The molecule has 0 bridgehead atoms. The first-order valence-electron chi connectivity index (χ1n) is 23.8. The molecule has 0 unspecified atom stereocenters. The van der Waals surface area contributed by atoms with Crippen LogP contribution in [0, 0.1) is 0 Å². The molecule has 0 amide bonds. The van der Waals surface area contributed by atoms with E-state index in [-0.39, 0.29) is 0 Å². The van der Waals surface area contributed by atoms with Gasteiger partial charge in [-0.3, -0.25) is 0 Å². The summed E-state index contributed by atoms with van der Waals surface area (Å²) in [5.41, 5.74) is 19.8. The van der Waals surface area contributed by atoms with Gasteiger partial charge in [0.15, 0.2) is 0 Å². The quantitative estimate of drug-likeness (QED) is 0.124. The van der Waals surface area contributed by atoms with Crippen molar-refractivity contribution < 1.29 is 0 Å². The summed E-state index contributed by atoms with van der Waals surface area (Å²) in [7, 11) is 0. The van der Waals surface area contributed by atoms with Gasteiger partial charge >= 0.3 is 0 Å². The highest BCUT2D eigenvalue weighted by Gasteiger charge is 2.25. The Morgan fingerprint density at radius 3 is 1.12 bits per heavy atom. The minimum Gasteiger partial charge on any atom is -0.310 e. The number of fused-ring (bicyclic) bond motifs is 3. The van der Waals surface area contributed by atoms with Crippen LogP contribution in [0.4, 0.5) is 17.1 Å². The lowest BCUT2D eigenvalue weighted by molar-refractivity contribution is 1.30. The Bertz CT molecular complexity index is 3660. The molecule has 0 aliphatic heterocycles. The number of benzene rings is 12. The van der Waals surface area contributed by atoms with Crippen LogP contribution in [0.15, 0.2) is 285 Å². The Kier molecular flexibility index (Phi) is 11.0. The molecule has 1 nitrogen and oxygen atoms in total. The highest BCUT2D eigenvalue weighted by molar-refractivity contribution is 6.25. The summed E-state index contributed by atoms with van der Waals surface area (Å²) < 4.78 is 0. The van der Waals surface area contributed by atoms with Crippen LogP contribution in [0.1, 0.15) is 0 Å². The molecule has 12 aromatic rings. The fourth-order valence-electron chi connectivity index (χ4n) is 10.3. The molecule has 0 heterocycles. The van der Waals surface area contributed by atoms with Gasteiger partial charge < -0.3 is 4.90 Å². The van der Waals surface area contributed by atoms with Gasteiger partial charge in [0.25, 0.3) is 0 Å². The summed E-state index contributed by atoms with van der Waals surface area (Å²) in [5, 5.41) is 4.85. The molecule has 0 saturated heterocycles. The molecule has 0 spiro atoms. The smallest absolute Gasteiger partial charge is 0.0546 e. The van der Waals surface area contributed by atoms with Crippen LogP contribution >= 0.6 is 0 Å². The van der Waals surface area contributed by atoms with Crippen molar-refractivity contribution in [1.82, 2.24) is 0 Å². The zero-order valence-corrected chi connectivity index (χ0v) is 38.1. The Morgan fingerprint density at radius 2 is 0.594 bits per heavy atom. The van der Waals surface area contributed by atoms with Crippen molar-refractivity contribution in [3.8, 4) is 77.9 Å². The van der Waals surface area contributed by atoms with E-state index in [4.69, 9.17) is 0 Å². The summed E-state index contributed by atoms with van der Waals surface area (Å²) >= 11 is 0. The molecule has 69 heavy (non-hydrogen) atoms. The number of nitrogens with zero attached hydrogens (tertiary/aromatic N) is 1. The lowest BCUT2D eigenvalue weighted by Crippen LogP contribution is -2.11. The van der Waals surface area contributed by atoms with E-state index in [1.807, 2.05) is 0 Å². The normalized spacial score (nSPS) is 11.2. The van der Waals surface area contributed by atoms with E-state index >= 15 is 0 Å². The highest BCUT2D eigenvalue weighted by Crippen LogP contribution is 2.51. The second-order valence-electron chi connectivity index (χ2n) is 17.6. The minimum absolute atomic E-state index is 1.06. The van der Waals surface area contributed by atoms with E-state index < -0.39 is 0 Å². The molecular weight excluding hydrogens is 831 g/mol. The maximum absolute atomic E-state index is 2.50. The topological polar surface area (TPSA) is 3.24 Å². The van der Waals surface area contributed by atoms with Crippen LogP contribution in [0.2, 0.25) is 0 Å². The SMILES string of the molecule is c1ccc(-c2cc(-c3ccccc3)cc(N(c3ccc(-c4cccc(-c5ccccc5)c4-c4ccccc4)cc3)c3cccc4c3c(-c3ccccc3)c(-c3ccccc3)c3ccccc34)c2)cc1. The van der Waals surface area contributed by atoms with E-state index in [1.54, 1.807) is 0 Å². The molecular formula is C68H47N. The average molecular weight is 878 g/mol. The molecule has 12 aromatic carbocycles. The van der Waals surface area contributed by atoms with Gasteiger partial charge in [-0.2, -0.15) is 0 Å². The van der Waals surface area contributed by atoms with Gasteiger partial charge in [-0.25, -0.2) is 0 Å². The van der Waals surface area contributed by atoms with Crippen molar-refractivity contribution in [2.45, 2.75) is 0 Å². The summed E-state index contributed by atoms with van der Waals surface area (Å²) in [4.78, 5) is 2.50. The maximum atomic E-state index is 2.50. The van der Waals surface area contributed by atoms with Crippen LogP contribution in [0.5, 0.6) is 0 Å². The third-order valence-corrected chi connectivity index (χ3v) is 13.4. The van der Waals surface area contributed by atoms with Gasteiger partial charge in [0.2, 0.25) is 0 Å². The molecule has 0 radical (unpaired) electrons. The fraction of sp³-hybridized carbons (Fsp3) is 0. The zero-order chi connectivity index (χ0) is 45.9. The van der Waals surface area contributed by atoms with Crippen molar-refractivity contribution in [3.05, 3.63) is 285 Å². The largest absolute Gasteiger partial charge is 0.310 e. The summed E-state index contributed by atoms with van der Waals surface area (Å²) in [5.74, 6) is 0. The van der Waals surface area contributed by atoms with E-state index in [0.29, 0.717) is 0 Å². The standard InChI is InChI=1S/C68H47N/c1-7-23-48(24-8-1)55-45-56(49-25-9-2-10-26-49)47-58(46-55)69(57-43-41-51(42-44-57)60-38-21-37-59(50-27-11-3-12-28-50)65(60)52-29-13-4-14-30-52)64-40-22-39-63-61-35-19-20-36-62(61)66(53-31-15-5-16-32-53)67(68(63)64)54-33-17-6-18-34-54/h1-47H. The molecule has 0 N–H and O–H groups in total. The molecule has 12 rings (SSSR count). The maximum Gasteiger partial charge on any atom is 0.0546 e. The van der Waals surface area contributed by atoms with Gasteiger partial charge in [-0.1, -0.05) is 249 Å². The summed E-state index contributed by atoms with van der Waals surface area (Å²) in [6.45, 7) is 0. The minimum atomic E-state index is 1.06. The van der Waals surface area contributed by atoms with Crippen molar-refractivity contribution in [2.24, 2.45) is 0 Å². The number of anilines is 3. The molecule has 0 saturated carbocycles. The third kappa shape index (κ3) is 7.86. The number of hydrogen-bond donors (Lipinski definition) is 0. The molecule has 0 fully saturated rings. The Labute approximate surface area is 404 Å². The molecule has 0 atom stereocenters. The Hall–Kier alpha value is -9.04. The highest BCUT2D eigenvalue weighted by atomic mass is 15.1. The molecule has 1 heteroatoms. The second-order valence-corrected chi connectivity index (χ2v) is 17.6. The summed E-state index contributed by atoms with van der Waals surface area (Å²) in [6, 6.07) is 104. The van der Waals surface area contributed by atoms with Gasteiger partial charge in [0, 0.05) is 22.3 Å². The van der Waals surface area contributed by atoms with Gasteiger partial charge in [-0.15, -0.1) is 0 Å². The molecule has 0 aliphatic carbocycles. The van der Waals surface area contributed by atoms with Crippen LogP contribution in [0.25, 0.3) is 99.4 Å². The van der Waals surface area contributed by atoms with Gasteiger partial charge in [0.05, 0.1) is 5.69 Å². The monoisotopic (exact) mass is 877 g/mol. The van der Waals surface area contributed by atoms with E-state index in [0.717, 1.165) is 33.8 Å². The van der Waals surface area contributed by atoms with Crippen molar-refractivity contribution in [3.63, 3.8) is 0 Å². The van der Waals surface area contributed by atoms with Crippen LogP contribution < -0.4 is 4.90 Å². The summed E-state index contributed by atoms with van der Waals surface area (Å²) in [6.07, 6.45) is 0. The predicted octanol–water partition coefficient (Wildman–Crippen LogP) is 19.1. The van der Waals surface area contributed by atoms with Crippen LogP contribution in [-0.2, 0) is 0 Å². The fourth-order valence-corrected chi connectivity index (χ4v) is 10.3. The molecule has 0 aromatic heterocycles. The first kappa shape index (κ1) is 41.4. The second kappa shape index (κ2) is 18.3. The number of rotatable bonds is 10. The van der Waals surface area contributed by atoms with Gasteiger partial charge in [-0.05, 0) is 125 Å². The van der Waals surface area contributed by atoms with Crippen molar-refractivity contribution in [1.29, 1.82) is 0 Å². The molecule has 324 valence electrons. The lowest BCUT2D eigenvalue weighted by Gasteiger charge is -2.30.